The highest BCUT2D eigenvalue weighted by Crippen LogP contribution is 2.23. The smallest absolute Gasteiger partial charge is 0.311 e. The van der Waals surface area contributed by atoms with Gasteiger partial charge in [0.05, 0.1) is 5.41 Å². The highest BCUT2D eigenvalue weighted by Gasteiger charge is 2.31. The van der Waals surface area contributed by atoms with Gasteiger partial charge in [-0.2, -0.15) is 4.98 Å². The fraction of sp³-hybridized carbons (Fsp3) is 0.385. The van der Waals surface area contributed by atoms with Gasteiger partial charge in [-0.1, -0.05) is 19.1 Å². The third-order valence-corrected chi connectivity index (χ3v) is 3.22. The molecule has 0 saturated heterocycles. The second kappa shape index (κ2) is 4.68. The Labute approximate surface area is 105 Å². The standard InChI is InChI=1S/C13H16N2O3/c1-3-13(2,11(16)17)8-14-12-15-9-6-4-5-7-10(9)18-12/h4-7H,3,8H2,1-2H3,(H,14,15)(H,16,17). The van der Waals surface area contributed by atoms with E-state index in [0.717, 1.165) is 5.52 Å². The van der Waals surface area contributed by atoms with E-state index in [0.29, 0.717) is 18.0 Å². The zero-order valence-corrected chi connectivity index (χ0v) is 10.4. The number of nitrogens with zero attached hydrogens (tertiary/aromatic N) is 1. The zero-order valence-electron chi connectivity index (χ0n) is 10.4. The van der Waals surface area contributed by atoms with Crippen LogP contribution in [-0.4, -0.2) is 22.6 Å². The Morgan fingerprint density at radius 3 is 2.83 bits per heavy atom. The fourth-order valence-corrected chi connectivity index (χ4v) is 1.57. The fourth-order valence-electron chi connectivity index (χ4n) is 1.57. The minimum absolute atomic E-state index is 0.283. The predicted molar refractivity (Wildman–Crippen MR) is 68.5 cm³/mol. The topological polar surface area (TPSA) is 75.4 Å². The van der Waals surface area contributed by atoms with Crippen LogP contribution in [0.5, 0.6) is 0 Å². The molecule has 0 amide bonds. The Balaban J connectivity index is 2.12. The Bertz CT molecular complexity index is 531. The van der Waals surface area contributed by atoms with Crippen molar-refractivity contribution in [3.8, 4) is 0 Å². The number of carbonyl (C=O) groups is 1. The summed E-state index contributed by atoms with van der Waals surface area (Å²) in [6.07, 6.45) is 0.537. The van der Waals surface area contributed by atoms with Gasteiger partial charge in [0.15, 0.2) is 5.58 Å². The molecule has 1 heterocycles. The molecule has 0 radical (unpaired) electrons. The molecule has 2 N–H and O–H groups in total. The number of anilines is 1. The number of hydrogen-bond acceptors (Lipinski definition) is 4. The quantitative estimate of drug-likeness (QED) is 0.850. The van der Waals surface area contributed by atoms with E-state index in [-0.39, 0.29) is 6.54 Å². The lowest BCUT2D eigenvalue weighted by atomic mass is 9.88. The molecule has 96 valence electrons. The van der Waals surface area contributed by atoms with Gasteiger partial charge in [0.1, 0.15) is 5.52 Å². The molecule has 0 bridgehead atoms. The summed E-state index contributed by atoms with van der Waals surface area (Å²) in [6.45, 7) is 3.83. The molecule has 18 heavy (non-hydrogen) atoms. The Morgan fingerprint density at radius 2 is 2.22 bits per heavy atom. The van der Waals surface area contributed by atoms with E-state index in [1.807, 2.05) is 31.2 Å². The van der Waals surface area contributed by atoms with Crippen molar-refractivity contribution in [3.05, 3.63) is 24.3 Å². The summed E-state index contributed by atoms with van der Waals surface area (Å²) in [5, 5.41) is 12.1. The van der Waals surface area contributed by atoms with Crippen LogP contribution in [0, 0.1) is 5.41 Å². The monoisotopic (exact) mass is 248 g/mol. The summed E-state index contributed by atoms with van der Waals surface area (Å²) in [7, 11) is 0. The first-order valence-corrected chi connectivity index (χ1v) is 5.88. The van der Waals surface area contributed by atoms with Gasteiger partial charge in [0, 0.05) is 6.54 Å². The number of hydrogen-bond donors (Lipinski definition) is 2. The van der Waals surface area contributed by atoms with Crippen LogP contribution in [0.15, 0.2) is 28.7 Å². The van der Waals surface area contributed by atoms with Crippen LogP contribution in [0.3, 0.4) is 0 Å². The lowest BCUT2D eigenvalue weighted by Crippen LogP contribution is -2.34. The van der Waals surface area contributed by atoms with Crippen LogP contribution in [0.1, 0.15) is 20.3 Å². The summed E-state index contributed by atoms with van der Waals surface area (Å²) < 4.78 is 5.47. The lowest BCUT2D eigenvalue weighted by molar-refractivity contribution is -0.147. The molecule has 0 aliphatic carbocycles. The van der Waals surface area contributed by atoms with Crippen LogP contribution in [0.2, 0.25) is 0 Å². The van der Waals surface area contributed by atoms with E-state index < -0.39 is 11.4 Å². The van der Waals surface area contributed by atoms with Gasteiger partial charge in [-0.15, -0.1) is 0 Å². The molecule has 2 rings (SSSR count). The predicted octanol–water partition coefficient (Wildman–Crippen LogP) is 2.74. The molecule has 0 aliphatic heterocycles. The highest BCUT2D eigenvalue weighted by molar-refractivity contribution is 5.76. The van der Waals surface area contributed by atoms with Crippen molar-refractivity contribution in [2.75, 3.05) is 11.9 Å². The maximum atomic E-state index is 11.2. The van der Waals surface area contributed by atoms with Crippen molar-refractivity contribution in [2.45, 2.75) is 20.3 Å². The van der Waals surface area contributed by atoms with Gasteiger partial charge < -0.3 is 14.8 Å². The average molecular weight is 248 g/mol. The van der Waals surface area contributed by atoms with Crippen LogP contribution >= 0.6 is 0 Å². The Hall–Kier alpha value is -2.04. The maximum absolute atomic E-state index is 11.2. The third-order valence-electron chi connectivity index (χ3n) is 3.22. The molecule has 0 saturated carbocycles. The average Bonchev–Trinajstić information content (AvgIpc) is 2.78. The SMILES string of the molecule is CCC(C)(CNc1nc2ccccc2o1)C(=O)O. The number of para-hydroxylation sites is 2. The summed E-state index contributed by atoms with van der Waals surface area (Å²) in [6, 6.07) is 7.77. The zero-order chi connectivity index (χ0) is 13.2. The number of benzene rings is 1. The number of fused-ring (bicyclic) bond motifs is 1. The molecular formula is C13H16N2O3. The molecule has 1 unspecified atom stereocenters. The molecular weight excluding hydrogens is 232 g/mol. The number of aliphatic carboxylic acids is 1. The minimum Gasteiger partial charge on any atom is -0.481 e. The molecule has 5 heteroatoms. The van der Waals surface area contributed by atoms with Crippen LogP contribution in [-0.2, 0) is 4.79 Å². The Kier molecular flexibility index (Phi) is 3.23. The number of nitrogens with one attached hydrogen (secondary N) is 1. The summed E-state index contributed by atoms with van der Waals surface area (Å²) in [5.41, 5.74) is 0.628. The number of carboxylic acids is 1. The van der Waals surface area contributed by atoms with Crippen molar-refractivity contribution in [1.29, 1.82) is 0 Å². The van der Waals surface area contributed by atoms with Crippen molar-refractivity contribution in [1.82, 2.24) is 4.98 Å². The van der Waals surface area contributed by atoms with Crippen LogP contribution < -0.4 is 5.32 Å². The first kappa shape index (κ1) is 12.4. The first-order valence-electron chi connectivity index (χ1n) is 5.88. The number of aromatic nitrogens is 1. The molecule has 0 fully saturated rings. The van der Waals surface area contributed by atoms with Crippen molar-refractivity contribution in [3.63, 3.8) is 0 Å². The third kappa shape index (κ3) is 2.30. The highest BCUT2D eigenvalue weighted by atomic mass is 16.4. The minimum atomic E-state index is -0.825. The molecule has 5 nitrogen and oxygen atoms in total. The van der Waals surface area contributed by atoms with Crippen molar-refractivity contribution >= 4 is 23.1 Å². The second-order valence-electron chi connectivity index (χ2n) is 4.56. The number of rotatable bonds is 5. The largest absolute Gasteiger partial charge is 0.481 e. The van der Waals surface area contributed by atoms with Crippen LogP contribution in [0.25, 0.3) is 11.1 Å². The van der Waals surface area contributed by atoms with Gasteiger partial charge >= 0.3 is 5.97 Å². The van der Waals surface area contributed by atoms with E-state index in [1.54, 1.807) is 6.92 Å². The van der Waals surface area contributed by atoms with Crippen molar-refractivity contribution < 1.29 is 14.3 Å². The van der Waals surface area contributed by atoms with Crippen LogP contribution in [0.4, 0.5) is 6.01 Å². The van der Waals surface area contributed by atoms with Crippen molar-refractivity contribution in [2.24, 2.45) is 5.41 Å². The molecule has 0 aliphatic rings. The Morgan fingerprint density at radius 1 is 1.50 bits per heavy atom. The van der Waals surface area contributed by atoms with Gasteiger partial charge in [-0.05, 0) is 25.5 Å². The van der Waals surface area contributed by atoms with E-state index in [4.69, 9.17) is 9.52 Å². The number of oxazole rings is 1. The molecule has 1 atom stereocenters. The van der Waals surface area contributed by atoms with E-state index in [1.165, 1.54) is 0 Å². The van der Waals surface area contributed by atoms with E-state index in [9.17, 15) is 4.79 Å². The summed E-state index contributed by atoms with van der Waals surface area (Å²) in [4.78, 5) is 15.4. The molecule has 0 spiro atoms. The summed E-state index contributed by atoms with van der Waals surface area (Å²) in [5.74, 6) is -0.825. The number of carboxylic acid groups (broad SMARTS) is 1. The van der Waals surface area contributed by atoms with Gasteiger partial charge in [0.25, 0.3) is 6.01 Å². The molecule has 2 aromatic rings. The van der Waals surface area contributed by atoms with Gasteiger partial charge in [-0.25, -0.2) is 0 Å². The van der Waals surface area contributed by atoms with Gasteiger partial charge in [-0.3, -0.25) is 4.79 Å². The van der Waals surface area contributed by atoms with E-state index >= 15 is 0 Å². The molecule has 1 aromatic carbocycles. The summed E-state index contributed by atoms with van der Waals surface area (Å²) >= 11 is 0. The lowest BCUT2D eigenvalue weighted by Gasteiger charge is -2.22. The maximum Gasteiger partial charge on any atom is 0.311 e. The second-order valence-corrected chi connectivity index (χ2v) is 4.56. The van der Waals surface area contributed by atoms with E-state index in [2.05, 4.69) is 10.3 Å². The van der Waals surface area contributed by atoms with Gasteiger partial charge in [0.2, 0.25) is 0 Å². The normalized spacial score (nSPS) is 14.3. The first-order chi connectivity index (χ1) is 8.55. The molecule has 1 aromatic heterocycles.